The number of nitrogens with one attached hydrogen (secondary N) is 2. The van der Waals surface area contributed by atoms with E-state index < -0.39 is 71.7 Å². The number of methoxy groups -OCH3 is 1. The molecule has 0 unspecified atom stereocenters. The smallest absolute Gasteiger partial charge is 0.406 e. The van der Waals surface area contributed by atoms with Gasteiger partial charge in [-0.05, 0) is 93.0 Å². The van der Waals surface area contributed by atoms with Gasteiger partial charge in [0.15, 0.2) is 0 Å². The number of nitrogens with zero attached hydrogens (tertiary/aromatic N) is 7. The molecule has 73 heavy (non-hydrogen) atoms. The fraction of sp³-hybridized carbons (Fsp3) is 0.528. The lowest BCUT2D eigenvalue weighted by molar-refractivity contribution is -0.155. The van der Waals surface area contributed by atoms with Crippen LogP contribution < -0.4 is 10.7 Å². The number of carbonyl (C=O) groups excluding carboxylic acids is 5. The number of urea groups is 1. The van der Waals surface area contributed by atoms with Gasteiger partial charge < -0.3 is 38.8 Å². The molecule has 3 saturated heterocycles. The molecule has 2 N–H and O–H groups in total. The molecule has 4 aliphatic heterocycles. The molecule has 0 aliphatic carbocycles. The topological polar surface area (TPSA) is 181 Å². The van der Waals surface area contributed by atoms with Crippen molar-refractivity contribution < 1.29 is 51.4 Å². The molecule has 4 aromatic rings. The van der Waals surface area contributed by atoms with Gasteiger partial charge in [-0.25, -0.2) is 10.2 Å². The minimum absolute atomic E-state index is 0.0942. The first-order chi connectivity index (χ1) is 34.6. The van der Waals surface area contributed by atoms with Crippen molar-refractivity contribution in [1.82, 2.24) is 45.0 Å². The third-order valence-electron chi connectivity index (χ3n) is 14.5. The van der Waals surface area contributed by atoms with Gasteiger partial charge in [-0.2, -0.15) is 13.2 Å². The molecule has 5 amide bonds. The standard InChI is InChI=1S/C53H66F3N9O8/c1-9-43(66)63-28-52(73-31-63)19-23-62(24-20-52)50(70)61(7)45(32(2)3)47(67)59-41-26-35-13-10-15-39(58-35)34-17-18-42-37(25-34)38(27-51(5,6)30-72-49(69)40-16-12-22-65(60-40)48(41)68)46(64(42)29-53(54,55)56)36-14-11-21-57-44(36)33(4)71-8/h9-11,13-15,17-18,21,25,32-33,40-41,45,60H,1,12,16,19-20,22-24,26-31H2,2-8H3,(H,59,67)/t33-,40-,41-,45-/m0/s1. The number of hydrazine groups is 1. The Morgan fingerprint density at radius 3 is 2.51 bits per heavy atom. The van der Waals surface area contributed by atoms with Crippen molar-refractivity contribution in [3.8, 4) is 22.5 Å². The molecule has 4 atom stereocenters. The van der Waals surface area contributed by atoms with E-state index >= 15 is 0 Å². The van der Waals surface area contributed by atoms with Crippen LogP contribution in [0.3, 0.4) is 0 Å². The molecular formula is C53H66F3N9O8. The zero-order valence-electron chi connectivity index (χ0n) is 42.6. The lowest BCUT2D eigenvalue weighted by Gasteiger charge is -2.41. The van der Waals surface area contributed by atoms with Crippen molar-refractivity contribution in [3.63, 3.8) is 0 Å². The molecule has 3 fully saturated rings. The van der Waals surface area contributed by atoms with Crippen molar-refractivity contribution >= 4 is 40.6 Å². The van der Waals surface area contributed by atoms with E-state index in [1.807, 2.05) is 33.8 Å². The van der Waals surface area contributed by atoms with Crippen LogP contribution in [0.15, 0.2) is 67.4 Å². The first kappa shape index (κ1) is 52.9. The van der Waals surface area contributed by atoms with Crippen molar-refractivity contribution in [2.75, 3.05) is 53.7 Å². The highest BCUT2D eigenvalue weighted by Crippen LogP contribution is 2.43. The monoisotopic (exact) mass is 1010 g/mol. The van der Waals surface area contributed by atoms with E-state index in [2.05, 4.69) is 22.3 Å². The van der Waals surface area contributed by atoms with Crippen LogP contribution in [-0.2, 0) is 52.8 Å². The minimum Gasteiger partial charge on any atom is -0.464 e. The van der Waals surface area contributed by atoms with Gasteiger partial charge in [-0.3, -0.25) is 34.2 Å². The van der Waals surface area contributed by atoms with Gasteiger partial charge >= 0.3 is 18.2 Å². The molecule has 0 saturated carbocycles. The van der Waals surface area contributed by atoms with Gasteiger partial charge in [0, 0.05) is 79.5 Å². The van der Waals surface area contributed by atoms with E-state index in [0.717, 1.165) is 0 Å². The number of amides is 5. The predicted octanol–water partition coefficient (Wildman–Crippen LogP) is 6.60. The van der Waals surface area contributed by atoms with Crippen molar-refractivity contribution in [1.29, 1.82) is 0 Å². The highest BCUT2D eigenvalue weighted by atomic mass is 19.4. The quantitative estimate of drug-likeness (QED) is 0.136. The summed E-state index contributed by atoms with van der Waals surface area (Å²) in [6.07, 6.45) is -0.483. The summed E-state index contributed by atoms with van der Waals surface area (Å²) in [5, 5.41) is 4.84. The summed E-state index contributed by atoms with van der Waals surface area (Å²) in [5.41, 5.74) is 5.31. The van der Waals surface area contributed by atoms with E-state index in [-0.39, 0.29) is 44.7 Å². The Labute approximate surface area is 423 Å². The van der Waals surface area contributed by atoms with Crippen LogP contribution in [0.1, 0.15) is 83.4 Å². The zero-order chi connectivity index (χ0) is 52.6. The summed E-state index contributed by atoms with van der Waals surface area (Å²) in [6, 6.07) is 10.3. The van der Waals surface area contributed by atoms with Crippen LogP contribution in [0.25, 0.3) is 33.4 Å². The van der Waals surface area contributed by atoms with Crippen LogP contribution in [0.5, 0.6) is 0 Å². The molecule has 392 valence electrons. The number of fused-ring (bicyclic) bond motifs is 6. The average molecular weight is 1010 g/mol. The van der Waals surface area contributed by atoms with E-state index in [1.54, 1.807) is 72.4 Å². The molecule has 17 nitrogen and oxygen atoms in total. The molecule has 1 spiro atoms. The molecule has 3 aromatic heterocycles. The largest absolute Gasteiger partial charge is 0.464 e. The highest BCUT2D eigenvalue weighted by molar-refractivity contribution is 5.96. The number of ether oxygens (including phenoxy) is 3. The molecule has 6 bridgehead atoms. The van der Waals surface area contributed by atoms with E-state index in [9.17, 15) is 37.1 Å². The molecular weight excluding hydrogens is 948 g/mol. The van der Waals surface area contributed by atoms with Gasteiger partial charge in [0.25, 0.3) is 5.91 Å². The molecule has 7 heterocycles. The zero-order valence-corrected chi connectivity index (χ0v) is 42.6. The molecule has 0 radical (unpaired) electrons. The Bertz CT molecular complexity index is 2750. The number of benzene rings is 1. The van der Waals surface area contributed by atoms with Gasteiger partial charge in [0.05, 0.1) is 41.9 Å². The number of halogens is 3. The highest BCUT2D eigenvalue weighted by Gasteiger charge is 2.45. The number of likely N-dealkylation sites (N-methyl/N-ethyl adjacent to an activating group) is 1. The van der Waals surface area contributed by atoms with Crippen molar-refractivity contribution in [3.05, 3.63) is 84.3 Å². The summed E-state index contributed by atoms with van der Waals surface area (Å²) in [7, 11) is 3.07. The Balaban J connectivity index is 1.15. The lowest BCUT2D eigenvalue weighted by Crippen LogP contribution is -2.62. The number of rotatable bonds is 9. The summed E-state index contributed by atoms with van der Waals surface area (Å²) in [4.78, 5) is 84.0. The number of hydrogen-bond acceptors (Lipinski definition) is 11. The second-order valence-electron chi connectivity index (χ2n) is 20.9. The minimum atomic E-state index is -4.61. The maximum absolute atomic E-state index is 14.8. The fourth-order valence-corrected chi connectivity index (χ4v) is 10.7. The number of cyclic esters (lactones) is 1. The van der Waals surface area contributed by atoms with Crippen molar-refractivity contribution in [2.24, 2.45) is 11.3 Å². The number of likely N-dealkylation sites (tertiary alicyclic amines) is 1. The van der Waals surface area contributed by atoms with Crippen LogP contribution in [0.2, 0.25) is 0 Å². The molecule has 1 aromatic carbocycles. The maximum atomic E-state index is 14.8. The SMILES string of the molecule is C=CC(=O)N1COC2(CCN(C(=O)N(C)[C@H](C(=O)N[C@H]3Cc4cccc(n4)-c4ccc5c(c4)c(c(-c4cccnc4[C@H](C)OC)n5CC(F)(F)F)CC(C)(C)COC(=O)[C@@H]4CCCN(N4)C3=O)C(C)C)CC2)C1. The number of alkyl halides is 3. The van der Waals surface area contributed by atoms with Gasteiger partial charge in [-0.1, -0.05) is 46.4 Å². The second kappa shape index (κ2) is 21.2. The predicted molar refractivity (Wildman–Crippen MR) is 265 cm³/mol. The van der Waals surface area contributed by atoms with E-state index in [1.165, 1.54) is 27.7 Å². The third kappa shape index (κ3) is 11.4. The number of hydrogen-bond donors (Lipinski definition) is 2. The molecule has 8 rings (SSSR count). The summed E-state index contributed by atoms with van der Waals surface area (Å²) in [6.45, 7) is 12.8. The average Bonchev–Trinajstić information content (AvgIpc) is 3.91. The maximum Gasteiger partial charge on any atom is 0.406 e. The first-order valence-corrected chi connectivity index (χ1v) is 24.9. The van der Waals surface area contributed by atoms with E-state index in [0.29, 0.717) is 95.7 Å². The third-order valence-corrected chi connectivity index (χ3v) is 14.5. The lowest BCUT2D eigenvalue weighted by atomic mass is 9.84. The van der Waals surface area contributed by atoms with Gasteiger partial charge in [0.1, 0.15) is 31.4 Å². The number of piperidine rings is 1. The fourth-order valence-electron chi connectivity index (χ4n) is 10.7. The molecule has 20 heteroatoms. The van der Waals surface area contributed by atoms with Crippen LogP contribution in [0.4, 0.5) is 18.0 Å². The summed E-state index contributed by atoms with van der Waals surface area (Å²) < 4.78 is 63.2. The number of esters is 1. The Kier molecular flexibility index (Phi) is 15.4. The Hall–Kier alpha value is -6.38. The van der Waals surface area contributed by atoms with Crippen LogP contribution in [0, 0.1) is 11.3 Å². The Morgan fingerprint density at radius 1 is 1.05 bits per heavy atom. The summed E-state index contributed by atoms with van der Waals surface area (Å²) >= 11 is 0. The van der Waals surface area contributed by atoms with Gasteiger partial charge in [-0.15, -0.1) is 0 Å². The number of carbonyl (C=O) groups is 5. The normalized spacial score (nSPS) is 21.2. The van der Waals surface area contributed by atoms with Gasteiger partial charge in [0.2, 0.25) is 11.8 Å². The number of aromatic nitrogens is 3. The first-order valence-electron chi connectivity index (χ1n) is 24.9. The Morgan fingerprint density at radius 2 is 1.81 bits per heavy atom. The summed E-state index contributed by atoms with van der Waals surface area (Å²) in [5.74, 6) is -2.33. The van der Waals surface area contributed by atoms with Crippen LogP contribution in [-0.4, -0.2) is 148 Å². The van der Waals surface area contributed by atoms with Crippen LogP contribution >= 0.6 is 0 Å². The van der Waals surface area contributed by atoms with Crippen molar-refractivity contribution in [2.45, 2.75) is 116 Å². The number of pyridine rings is 2. The van der Waals surface area contributed by atoms with E-state index in [4.69, 9.17) is 19.2 Å². The molecule has 4 aliphatic rings. The second-order valence-corrected chi connectivity index (χ2v) is 20.9.